The van der Waals surface area contributed by atoms with Crippen molar-refractivity contribution in [1.82, 2.24) is 5.32 Å². The topological polar surface area (TPSA) is 185 Å². The molecule has 7 rings (SSSR count). The highest BCUT2D eigenvalue weighted by Crippen LogP contribution is 2.60. The van der Waals surface area contributed by atoms with Gasteiger partial charge in [-0.25, -0.2) is 14.6 Å². The zero-order valence-corrected chi connectivity index (χ0v) is 34.2. The fraction of sp³-hybridized carbons (Fsp3) is 0.478. The second-order valence-corrected chi connectivity index (χ2v) is 16.3. The van der Waals surface area contributed by atoms with Crippen LogP contribution >= 0.6 is 0 Å². The minimum Gasteiger partial charge on any atom is -0.458 e. The molecular formula is C46H53NO13. The summed E-state index contributed by atoms with van der Waals surface area (Å²) in [6.45, 7) is 7.43. The Morgan fingerprint density at radius 2 is 1.53 bits per heavy atom. The van der Waals surface area contributed by atoms with Crippen molar-refractivity contribution in [2.24, 2.45) is 11.3 Å². The van der Waals surface area contributed by atoms with Crippen LogP contribution < -0.4 is 5.32 Å². The minimum absolute atomic E-state index is 0.0767. The van der Waals surface area contributed by atoms with Gasteiger partial charge in [0.25, 0.3) is 0 Å². The van der Waals surface area contributed by atoms with Crippen molar-refractivity contribution in [2.75, 3.05) is 19.8 Å². The standard InChI is InChI=1S/C46H53NO13/c1-5-54-21-22-55-32-23-35-41(58-43(52)31-19-13-8-14-20-31)45(53)27-33(24-34(44(45,3)4)39(56-28(2)48)40(50)46(35)37(25-32)59-60-46)57-38(49)26-36(29-15-9-6-10-16-29)47-42(51)30-17-11-7-12-18-30/h6-20,24,32-33,35-37,39,41-42,47,51,53H,5,21-23,25-27H2,1-4H3/t32-,33+,35-,36+,37-,39+,41-,42?,45+,46+/m0/s1. The predicted octanol–water partition coefficient (Wildman–Crippen LogP) is 5.04. The van der Waals surface area contributed by atoms with Crippen molar-refractivity contribution in [1.29, 1.82) is 0 Å². The van der Waals surface area contributed by atoms with Crippen LogP contribution in [0.1, 0.15) is 87.1 Å². The molecule has 0 aromatic heterocycles. The lowest BCUT2D eigenvalue weighted by molar-refractivity contribution is -0.520. The molecule has 1 saturated heterocycles. The third-order valence-corrected chi connectivity index (χ3v) is 12.4. The monoisotopic (exact) mass is 827 g/mol. The molecule has 10 atom stereocenters. The number of fused-ring (bicyclic) bond motifs is 2. The van der Waals surface area contributed by atoms with Crippen LogP contribution in [0, 0.1) is 11.3 Å². The van der Waals surface area contributed by atoms with Crippen molar-refractivity contribution in [3.05, 3.63) is 119 Å². The number of carbonyl (C=O) groups excluding carboxylic acids is 4. The van der Waals surface area contributed by atoms with Gasteiger partial charge in [-0.3, -0.25) is 19.7 Å². The van der Waals surface area contributed by atoms with E-state index in [0.29, 0.717) is 24.3 Å². The van der Waals surface area contributed by atoms with E-state index < -0.39 is 89.0 Å². The first-order valence-electron chi connectivity index (χ1n) is 20.5. The molecule has 14 nitrogen and oxygen atoms in total. The zero-order chi connectivity index (χ0) is 42.7. The van der Waals surface area contributed by atoms with Crippen LogP contribution in [-0.4, -0.2) is 95.4 Å². The number of benzene rings is 3. The van der Waals surface area contributed by atoms with Gasteiger partial charge in [0.15, 0.2) is 6.10 Å². The van der Waals surface area contributed by atoms with Gasteiger partial charge in [-0.2, -0.15) is 0 Å². The van der Waals surface area contributed by atoms with Gasteiger partial charge in [0, 0.05) is 43.7 Å². The summed E-state index contributed by atoms with van der Waals surface area (Å²) < 4.78 is 30.1. The molecule has 3 aromatic carbocycles. The Labute approximate surface area is 349 Å². The number of carbonyl (C=O) groups is 4. The molecule has 14 heteroatoms. The van der Waals surface area contributed by atoms with E-state index in [9.17, 15) is 24.6 Å². The lowest BCUT2D eigenvalue weighted by Crippen LogP contribution is -2.79. The van der Waals surface area contributed by atoms with E-state index in [1.165, 1.54) is 13.0 Å². The summed E-state index contributed by atoms with van der Waals surface area (Å²) in [5, 5.41) is 27.7. The maximum atomic E-state index is 15.2. The highest BCUT2D eigenvalue weighted by molar-refractivity contribution is 5.97. The number of esters is 3. The number of hydrogen-bond donors (Lipinski definition) is 3. The Morgan fingerprint density at radius 3 is 2.15 bits per heavy atom. The summed E-state index contributed by atoms with van der Waals surface area (Å²) >= 11 is 0. The van der Waals surface area contributed by atoms with E-state index in [0.717, 1.165) is 0 Å². The Balaban J connectivity index is 1.27. The number of rotatable bonds is 15. The number of aliphatic hydroxyl groups excluding tert-OH is 1. The molecule has 3 aromatic rings. The van der Waals surface area contributed by atoms with Gasteiger partial charge < -0.3 is 33.9 Å². The Morgan fingerprint density at radius 1 is 0.883 bits per heavy atom. The first kappa shape index (κ1) is 43.3. The van der Waals surface area contributed by atoms with Gasteiger partial charge in [0.05, 0.1) is 31.3 Å². The van der Waals surface area contributed by atoms with Gasteiger partial charge in [-0.15, -0.1) is 0 Å². The van der Waals surface area contributed by atoms with Crippen molar-refractivity contribution in [2.45, 2.75) is 107 Å². The Hall–Kier alpha value is -4.80. The zero-order valence-electron chi connectivity index (χ0n) is 34.2. The first-order valence-corrected chi connectivity index (χ1v) is 20.5. The Bertz CT molecular complexity index is 2030. The molecule has 3 aliphatic carbocycles. The number of ketones is 1. The van der Waals surface area contributed by atoms with Crippen LogP contribution in [-0.2, 0) is 47.8 Å². The average Bonchev–Trinajstić information content (AvgIpc) is 3.23. The number of ether oxygens (including phenoxy) is 5. The van der Waals surface area contributed by atoms with E-state index in [-0.39, 0.29) is 43.4 Å². The SMILES string of the molecule is CCOCCO[C@@H]1C[C@@H]2OO[C@@]23C(=O)[C@H](OC(C)=O)C2=C[C@@H](OC(=O)C[C@@H](NC(O)c4ccccc4)c4ccccc4)C[C@@](O)([C@@H](OC(=O)c4ccccc4)[C@@H]3C1)C2(C)C. The molecule has 1 heterocycles. The van der Waals surface area contributed by atoms with E-state index in [1.807, 2.05) is 43.3 Å². The van der Waals surface area contributed by atoms with Crippen LogP contribution in [0.3, 0.4) is 0 Å². The van der Waals surface area contributed by atoms with Crippen LogP contribution in [0.15, 0.2) is 103 Å². The predicted molar refractivity (Wildman–Crippen MR) is 214 cm³/mol. The molecule has 0 amide bonds. The van der Waals surface area contributed by atoms with E-state index in [1.54, 1.807) is 68.4 Å². The average molecular weight is 828 g/mol. The minimum atomic E-state index is -2.08. The van der Waals surface area contributed by atoms with E-state index >= 15 is 4.79 Å². The summed E-state index contributed by atoms with van der Waals surface area (Å²) in [4.78, 5) is 67.6. The highest BCUT2D eigenvalue weighted by atomic mass is 17.3. The van der Waals surface area contributed by atoms with Crippen LogP contribution in [0.4, 0.5) is 0 Å². The van der Waals surface area contributed by atoms with Gasteiger partial charge in [-0.1, -0.05) is 92.7 Å². The van der Waals surface area contributed by atoms with Crippen molar-refractivity contribution in [3.63, 3.8) is 0 Å². The molecule has 3 N–H and O–H groups in total. The molecule has 2 saturated carbocycles. The third kappa shape index (κ3) is 8.42. The van der Waals surface area contributed by atoms with Crippen LogP contribution in [0.5, 0.6) is 0 Å². The van der Waals surface area contributed by atoms with Gasteiger partial charge in [0.2, 0.25) is 11.4 Å². The molecular weight excluding hydrogens is 774 g/mol. The summed E-state index contributed by atoms with van der Waals surface area (Å²) in [6.07, 6.45) is -5.54. The lowest BCUT2D eigenvalue weighted by Gasteiger charge is -2.63. The molecule has 3 fully saturated rings. The quantitative estimate of drug-likeness (QED) is 0.0462. The maximum Gasteiger partial charge on any atom is 0.338 e. The van der Waals surface area contributed by atoms with Crippen molar-refractivity contribution < 1.29 is 62.9 Å². The largest absolute Gasteiger partial charge is 0.458 e. The van der Waals surface area contributed by atoms with E-state index in [2.05, 4.69) is 5.32 Å². The molecule has 1 aliphatic heterocycles. The second kappa shape index (κ2) is 18.0. The fourth-order valence-electron chi connectivity index (χ4n) is 9.22. The highest BCUT2D eigenvalue weighted by Gasteiger charge is 2.75. The van der Waals surface area contributed by atoms with Gasteiger partial charge in [-0.05, 0) is 48.3 Å². The molecule has 320 valence electrons. The van der Waals surface area contributed by atoms with Gasteiger partial charge >= 0.3 is 17.9 Å². The molecule has 2 bridgehead atoms. The number of Topliss-reactive ketones (excluding diaryl/α,β-unsaturated/α-hetero) is 1. The summed E-state index contributed by atoms with van der Waals surface area (Å²) in [6, 6.07) is 25.6. The maximum absolute atomic E-state index is 15.2. The summed E-state index contributed by atoms with van der Waals surface area (Å²) in [7, 11) is 0. The fourth-order valence-corrected chi connectivity index (χ4v) is 9.22. The summed E-state index contributed by atoms with van der Waals surface area (Å²) in [5.74, 6) is -3.99. The third-order valence-electron chi connectivity index (χ3n) is 12.4. The normalized spacial score (nSPS) is 30.1. The molecule has 4 aliphatic rings. The molecule has 0 radical (unpaired) electrons. The molecule has 60 heavy (non-hydrogen) atoms. The lowest BCUT2D eigenvalue weighted by atomic mass is 9.51. The Kier molecular flexibility index (Phi) is 13.0. The van der Waals surface area contributed by atoms with Gasteiger partial charge in [0.1, 0.15) is 30.1 Å². The van der Waals surface area contributed by atoms with Crippen LogP contribution in [0.2, 0.25) is 0 Å². The smallest absolute Gasteiger partial charge is 0.338 e. The summed E-state index contributed by atoms with van der Waals surface area (Å²) in [5.41, 5.74) is -3.69. The second-order valence-electron chi connectivity index (χ2n) is 16.3. The van der Waals surface area contributed by atoms with Crippen LogP contribution in [0.25, 0.3) is 0 Å². The van der Waals surface area contributed by atoms with Crippen molar-refractivity contribution in [3.8, 4) is 0 Å². The number of hydrogen-bond acceptors (Lipinski definition) is 14. The first-order chi connectivity index (χ1) is 28.8. The number of aliphatic hydroxyl groups is 2. The molecule has 1 unspecified atom stereocenters. The van der Waals surface area contributed by atoms with E-state index in [4.69, 9.17) is 33.5 Å². The molecule has 1 spiro atoms. The van der Waals surface area contributed by atoms with Crippen molar-refractivity contribution >= 4 is 23.7 Å². The number of nitrogens with one attached hydrogen (secondary N) is 1.